The Hall–Kier alpha value is -2.93. The van der Waals surface area contributed by atoms with E-state index in [1.165, 1.54) is 6.08 Å². The Balaban J connectivity index is 1.51. The summed E-state index contributed by atoms with van der Waals surface area (Å²) in [5.74, 6) is -0.512. The number of hydrogen-bond acceptors (Lipinski definition) is 5. The number of halogens is 1. The van der Waals surface area contributed by atoms with Crippen molar-refractivity contribution in [1.29, 1.82) is 0 Å². The number of carbonyl (C=O) groups is 3. The molecule has 6 nitrogen and oxygen atoms in total. The molecular weight excluding hydrogens is 426 g/mol. The van der Waals surface area contributed by atoms with Crippen LogP contribution in [0.2, 0.25) is 0 Å². The number of allylic oxidation sites excluding steroid dienone is 1. The van der Waals surface area contributed by atoms with E-state index in [9.17, 15) is 14.4 Å². The van der Waals surface area contributed by atoms with E-state index in [-0.39, 0.29) is 12.4 Å². The largest absolute Gasteiger partial charge is 0.484 e. The summed E-state index contributed by atoms with van der Waals surface area (Å²) in [6.45, 7) is 0.0921. The summed E-state index contributed by atoms with van der Waals surface area (Å²) in [5.41, 5.74) is 1.42. The van der Waals surface area contributed by atoms with Crippen LogP contribution in [0.1, 0.15) is 22.3 Å². The lowest BCUT2D eigenvalue weighted by atomic mass is 10.1. The first-order chi connectivity index (χ1) is 13.5. The average Bonchev–Trinajstić information content (AvgIpc) is 3.10. The molecule has 1 N–H and O–H groups in total. The number of esters is 1. The van der Waals surface area contributed by atoms with Crippen molar-refractivity contribution in [3.8, 4) is 5.75 Å². The van der Waals surface area contributed by atoms with Crippen molar-refractivity contribution in [2.75, 3.05) is 13.2 Å². The third-order valence-electron chi connectivity index (χ3n) is 4.10. The van der Waals surface area contributed by atoms with Crippen molar-refractivity contribution in [3.05, 3.63) is 70.2 Å². The van der Waals surface area contributed by atoms with Crippen LogP contribution >= 0.6 is 15.9 Å². The lowest BCUT2D eigenvalue weighted by Gasteiger charge is -2.10. The molecular formula is C21H18BrNO5. The van der Waals surface area contributed by atoms with E-state index in [1.807, 2.05) is 24.3 Å². The first kappa shape index (κ1) is 19.8. The highest BCUT2D eigenvalue weighted by Crippen LogP contribution is 2.18. The van der Waals surface area contributed by atoms with Gasteiger partial charge in [0.05, 0.1) is 6.61 Å². The Kier molecular flexibility index (Phi) is 6.60. The van der Waals surface area contributed by atoms with Crippen LogP contribution in [0.3, 0.4) is 0 Å². The zero-order chi connectivity index (χ0) is 19.9. The number of amides is 1. The van der Waals surface area contributed by atoms with Crippen LogP contribution in [0.5, 0.6) is 5.75 Å². The highest BCUT2D eigenvalue weighted by Gasteiger charge is 2.27. The fourth-order valence-electron chi connectivity index (χ4n) is 2.60. The molecule has 0 aromatic heterocycles. The molecule has 0 radical (unpaired) electrons. The minimum atomic E-state index is -0.604. The van der Waals surface area contributed by atoms with Crippen LogP contribution < -0.4 is 10.1 Å². The predicted octanol–water partition coefficient (Wildman–Crippen LogP) is 3.16. The summed E-state index contributed by atoms with van der Waals surface area (Å²) < 4.78 is 11.1. The van der Waals surface area contributed by atoms with E-state index >= 15 is 0 Å². The molecule has 3 rings (SSSR count). The monoisotopic (exact) mass is 443 g/mol. The number of ether oxygens (including phenoxy) is 2. The van der Waals surface area contributed by atoms with Gasteiger partial charge in [-0.15, -0.1) is 0 Å². The Morgan fingerprint density at radius 3 is 2.61 bits per heavy atom. The van der Waals surface area contributed by atoms with Gasteiger partial charge in [0.1, 0.15) is 11.8 Å². The summed E-state index contributed by atoms with van der Waals surface area (Å²) in [6.07, 6.45) is 3.72. The number of rotatable bonds is 7. The van der Waals surface area contributed by atoms with Gasteiger partial charge in [-0.1, -0.05) is 34.1 Å². The van der Waals surface area contributed by atoms with Gasteiger partial charge in [0.15, 0.2) is 12.4 Å². The van der Waals surface area contributed by atoms with E-state index in [0.29, 0.717) is 24.3 Å². The molecule has 28 heavy (non-hydrogen) atoms. The molecule has 1 saturated heterocycles. The second-order valence-electron chi connectivity index (χ2n) is 6.11. The molecule has 2 aromatic rings. The number of benzene rings is 2. The standard InChI is InChI=1S/C21H18BrNO5/c22-17-4-2-1-3-14(17)7-10-19(24)15-5-8-16(9-6-15)28-13-20(25)23-18-11-12-27-21(18)26/h1-10,18H,11-13H2,(H,23,25)/b10-7+/t18-/m0/s1. The van der Waals surface area contributed by atoms with Crippen LogP contribution in [0.15, 0.2) is 59.1 Å². The summed E-state index contributed by atoms with van der Waals surface area (Å²) in [6, 6.07) is 13.5. The molecule has 0 spiro atoms. The topological polar surface area (TPSA) is 81.7 Å². The predicted molar refractivity (Wildman–Crippen MR) is 107 cm³/mol. The summed E-state index contributed by atoms with van der Waals surface area (Å²) in [5, 5.41) is 2.56. The summed E-state index contributed by atoms with van der Waals surface area (Å²) >= 11 is 3.43. The quantitative estimate of drug-likeness (QED) is 0.403. The fraction of sp³-hybridized carbons (Fsp3) is 0.190. The SMILES string of the molecule is O=C(COc1ccc(C(=O)/C=C/c2ccccc2Br)cc1)N[C@H]1CCOC1=O. The van der Waals surface area contributed by atoms with Gasteiger partial charge in [-0.2, -0.15) is 0 Å². The molecule has 0 bridgehead atoms. The van der Waals surface area contributed by atoms with Gasteiger partial charge in [-0.05, 0) is 48.0 Å². The molecule has 2 aromatic carbocycles. The zero-order valence-corrected chi connectivity index (χ0v) is 16.5. The van der Waals surface area contributed by atoms with E-state index < -0.39 is 17.9 Å². The highest BCUT2D eigenvalue weighted by molar-refractivity contribution is 9.10. The second kappa shape index (κ2) is 9.32. The van der Waals surface area contributed by atoms with Crippen molar-refractivity contribution in [1.82, 2.24) is 5.32 Å². The molecule has 0 saturated carbocycles. The fourth-order valence-corrected chi connectivity index (χ4v) is 3.02. The molecule has 0 aliphatic carbocycles. The van der Waals surface area contributed by atoms with Crippen molar-refractivity contribution >= 4 is 39.7 Å². The van der Waals surface area contributed by atoms with Gasteiger partial charge in [-0.25, -0.2) is 4.79 Å². The van der Waals surface area contributed by atoms with Crippen LogP contribution in [0.4, 0.5) is 0 Å². The van der Waals surface area contributed by atoms with Crippen LogP contribution in [0, 0.1) is 0 Å². The van der Waals surface area contributed by atoms with Crippen molar-refractivity contribution < 1.29 is 23.9 Å². The highest BCUT2D eigenvalue weighted by atomic mass is 79.9. The molecule has 0 unspecified atom stereocenters. The van der Waals surface area contributed by atoms with E-state index in [2.05, 4.69) is 21.2 Å². The normalized spacial score (nSPS) is 16.0. The Bertz CT molecular complexity index is 907. The zero-order valence-electron chi connectivity index (χ0n) is 14.9. The van der Waals surface area contributed by atoms with Gasteiger partial charge in [0.2, 0.25) is 0 Å². The van der Waals surface area contributed by atoms with Crippen molar-refractivity contribution in [2.24, 2.45) is 0 Å². The number of cyclic esters (lactones) is 1. The molecule has 1 amide bonds. The Labute approximate surface area is 170 Å². The second-order valence-corrected chi connectivity index (χ2v) is 6.96. The third-order valence-corrected chi connectivity index (χ3v) is 4.82. The van der Waals surface area contributed by atoms with Crippen molar-refractivity contribution in [2.45, 2.75) is 12.5 Å². The minimum absolute atomic E-state index is 0.139. The van der Waals surface area contributed by atoms with E-state index in [1.54, 1.807) is 30.3 Å². The maximum Gasteiger partial charge on any atom is 0.328 e. The molecule has 1 atom stereocenters. The van der Waals surface area contributed by atoms with Crippen LogP contribution in [0.25, 0.3) is 6.08 Å². The maximum atomic E-state index is 12.3. The lowest BCUT2D eigenvalue weighted by Crippen LogP contribution is -2.40. The average molecular weight is 444 g/mol. The van der Waals surface area contributed by atoms with Gasteiger partial charge in [0.25, 0.3) is 5.91 Å². The molecule has 1 aliphatic heterocycles. The summed E-state index contributed by atoms with van der Waals surface area (Å²) in [4.78, 5) is 35.4. The minimum Gasteiger partial charge on any atom is -0.484 e. The third kappa shape index (κ3) is 5.29. The van der Waals surface area contributed by atoms with Gasteiger partial charge in [0, 0.05) is 16.5 Å². The lowest BCUT2D eigenvalue weighted by molar-refractivity contribution is -0.141. The molecule has 1 heterocycles. The van der Waals surface area contributed by atoms with E-state index in [4.69, 9.17) is 9.47 Å². The Morgan fingerprint density at radius 2 is 1.93 bits per heavy atom. The Morgan fingerprint density at radius 1 is 1.18 bits per heavy atom. The number of hydrogen-bond donors (Lipinski definition) is 1. The summed E-state index contributed by atoms with van der Waals surface area (Å²) in [7, 11) is 0. The number of ketones is 1. The van der Waals surface area contributed by atoms with Gasteiger partial charge in [-0.3, -0.25) is 9.59 Å². The number of nitrogens with one attached hydrogen (secondary N) is 1. The first-order valence-corrected chi connectivity index (χ1v) is 9.48. The number of carbonyl (C=O) groups excluding carboxylic acids is 3. The van der Waals surface area contributed by atoms with Crippen molar-refractivity contribution in [3.63, 3.8) is 0 Å². The first-order valence-electron chi connectivity index (χ1n) is 8.69. The van der Waals surface area contributed by atoms with E-state index in [0.717, 1.165) is 10.0 Å². The molecule has 7 heteroatoms. The van der Waals surface area contributed by atoms with Gasteiger partial charge >= 0.3 is 5.97 Å². The van der Waals surface area contributed by atoms with Crippen LogP contribution in [-0.4, -0.2) is 36.9 Å². The maximum absolute atomic E-state index is 12.3. The van der Waals surface area contributed by atoms with Crippen LogP contribution in [-0.2, 0) is 14.3 Å². The molecule has 144 valence electrons. The van der Waals surface area contributed by atoms with Gasteiger partial charge < -0.3 is 14.8 Å². The smallest absolute Gasteiger partial charge is 0.328 e. The molecule has 1 aliphatic rings. The molecule has 1 fully saturated rings.